The highest BCUT2D eigenvalue weighted by molar-refractivity contribution is 5.66. The zero-order valence-electron chi connectivity index (χ0n) is 11.9. The lowest BCUT2D eigenvalue weighted by molar-refractivity contribution is -0.385. The number of carbonyl (C=O) groups is 1. The smallest absolute Gasteiger partial charge is 0.311 e. The third kappa shape index (κ3) is 5.01. The van der Waals surface area contributed by atoms with Gasteiger partial charge in [0.1, 0.15) is 0 Å². The number of nitrogens with zero attached hydrogens (tertiary/aromatic N) is 2. The van der Waals surface area contributed by atoms with Gasteiger partial charge in [-0.05, 0) is 18.7 Å². The highest BCUT2D eigenvalue weighted by atomic mass is 16.6. The Kier molecular flexibility index (Phi) is 6.07. The van der Waals surface area contributed by atoms with Crippen molar-refractivity contribution in [2.24, 2.45) is 0 Å². The molecule has 0 bridgehead atoms. The van der Waals surface area contributed by atoms with Crippen molar-refractivity contribution in [1.29, 1.82) is 0 Å². The van der Waals surface area contributed by atoms with Gasteiger partial charge >= 0.3 is 11.7 Å². The van der Waals surface area contributed by atoms with Crippen LogP contribution in [0.1, 0.15) is 18.1 Å². The maximum absolute atomic E-state index is 10.9. The predicted molar refractivity (Wildman–Crippen MR) is 74.4 cm³/mol. The average molecular weight is 298 g/mol. The molecule has 0 aromatic heterocycles. The van der Waals surface area contributed by atoms with Crippen LogP contribution in [0.15, 0.2) is 18.2 Å². The van der Waals surface area contributed by atoms with E-state index in [2.05, 4.69) is 0 Å². The summed E-state index contributed by atoms with van der Waals surface area (Å²) in [6, 6.07) is 4.23. The molecule has 0 spiro atoms. The van der Waals surface area contributed by atoms with Crippen LogP contribution in [0.25, 0.3) is 0 Å². The molecule has 0 aliphatic heterocycles. The van der Waals surface area contributed by atoms with Gasteiger partial charge in [0.05, 0.1) is 24.6 Å². The molecule has 1 atom stereocenters. The van der Waals surface area contributed by atoms with Gasteiger partial charge in [-0.1, -0.05) is 6.07 Å². The van der Waals surface area contributed by atoms with E-state index in [-0.39, 0.29) is 30.9 Å². The third-order valence-corrected chi connectivity index (χ3v) is 2.98. The fourth-order valence-corrected chi connectivity index (χ4v) is 1.84. The van der Waals surface area contributed by atoms with Gasteiger partial charge in [-0.25, -0.2) is 0 Å². The van der Waals surface area contributed by atoms with Crippen molar-refractivity contribution in [3.63, 3.8) is 0 Å². The maximum atomic E-state index is 10.9. The fourth-order valence-electron chi connectivity index (χ4n) is 1.84. The number of hydrogen-bond donors (Lipinski definition) is 2. The minimum Gasteiger partial charge on any atom is -0.490 e. The van der Waals surface area contributed by atoms with Gasteiger partial charge in [-0.15, -0.1) is 0 Å². The van der Waals surface area contributed by atoms with Crippen molar-refractivity contribution < 1.29 is 24.7 Å². The Labute approximate surface area is 121 Å². The van der Waals surface area contributed by atoms with Gasteiger partial charge in [-0.3, -0.25) is 14.9 Å². The number of rotatable bonds is 8. The van der Waals surface area contributed by atoms with Gasteiger partial charge in [0.25, 0.3) is 0 Å². The lowest BCUT2D eigenvalue weighted by Gasteiger charge is -2.20. The van der Waals surface area contributed by atoms with E-state index in [1.54, 1.807) is 18.0 Å². The molecule has 0 radical (unpaired) electrons. The topological polar surface area (TPSA) is 113 Å². The van der Waals surface area contributed by atoms with Crippen LogP contribution in [-0.2, 0) is 4.79 Å². The number of likely N-dealkylation sites (N-methyl/N-ethyl adjacent to an activating group) is 1. The van der Waals surface area contributed by atoms with E-state index < -0.39 is 17.0 Å². The first-order chi connectivity index (χ1) is 9.85. The summed E-state index contributed by atoms with van der Waals surface area (Å²) >= 11 is 0. The molecule has 116 valence electrons. The zero-order chi connectivity index (χ0) is 16.0. The van der Waals surface area contributed by atoms with Crippen molar-refractivity contribution in [1.82, 2.24) is 4.90 Å². The summed E-state index contributed by atoms with van der Waals surface area (Å²) in [4.78, 5) is 22.5. The highest BCUT2D eigenvalue weighted by Gasteiger charge is 2.19. The van der Waals surface area contributed by atoms with E-state index >= 15 is 0 Å². The second kappa shape index (κ2) is 7.55. The number of aliphatic carboxylic acids is 1. The van der Waals surface area contributed by atoms with Gasteiger partial charge in [-0.2, -0.15) is 0 Å². The van der Waals surface area contributed by atoms with E-state index in [1.807, 2.05) is 0 Å². The molecular formula is C13H18N2O6. The number of aliphatic hydroxyl groups excluding tert-OH is 1. The van der Waals surface area contributed by atoms with Gasteiger partial charge in [0, 0.05) is 19.2 Å². The summed E-state index contributed by atoms with van der Waals surface area (Å²) in [6.45, 7) is 0.460. The number of nitro benzene ring substituents is 1. The molecule has 1 unspecified atom stereocenters. The van der Waals surface area contributed by atoms with Crippen molar-refractivity contribution in [2.45, 2.75) is 12.5 Å². The highest BCUT2D eigenvalue weighted by Crippen LogP contribution is 2.30. The van der Waals surface area contributed by atoms with E-state index in [0.717, 1.165) is 0 Å². The number of hydrogen-bond acceptors (Lipinski definition) is 6. The molecular weight excluding hydrogens is 280 g/mol. The number of methoxy groups -OCH3 is 1. The molecule has 1 rings (SSSR count). The Morgan fingerprint density at radius 3 is 2.71 bits per heavy atom. The second-order valence-electron chi connectivity index (χ2n) is 4.61. The van der Waals surface area contributed by atoms with Crippen molar-refractivity contribution in [3.8, 4) is 5.75 Å². The summed E-state index contributed by atoms with van der Waals surface area (Å²) in [5.74, 6) is -0.799. The SMILES string of the molecule is COc1ccc(C(O)CN(C)CCC(=O)O)cc1[N+](=O)[O-]. The van der Waals surface area contributed by atoms with E-state index in [9.17, 15) is 20.0 Å². The molecule has 0 aliphatic rings. The molecule has 1 aromatic carbocycles. The third-order valence-electron chi connectivity index (χ3n) is 2.98. The van der Waals surface area contributed by atoms with Crippen LogP contribution in [0.2, 0.25) is 0 Å². The van der Waals surface area contributed by atoms with E-state index in [1.165, 1.54) is 19.2 Å². The molecule has 0 fully saturated rings. The lowest BCUT2D eigenvalue weighted by Crippen LogP contribution is -2.27. The van der Waals surface area contributed by atoms with Gasteiger partial charge in [0.15, 0.2) is 5.75 Å². The molecule has 0 amide bonds. The van der Waals surface area contributed by atoms with Crippen molar-refractivity contribution in [3.05, 3.63) is 33.9 Å². The summed E-state index contributed by atoms with van der Waals surface area (Å²) in [7, 11) is 3.00. The maximum Gasteiger partial charge on any atom is 0.311 e. The Balaban J connectivity index is 2.78. The number of nitro groups is 1. The van der Waals surface area contributed by atoms with Crippen LogP contribution < -0.4 is 4.74 Å². The molecule has 2 N–H and O–H groups in total. The number of carboxylic acid groups (broad SMARTS) is 1. The van der Waals surface area contributed by atoms with Crippen molar-refractivity contribution in [2.75, 3.05) is 27.2 Å². The largest absolute Gasteiger partial charge is 0.490 e. The summed E-state index contributed by atoms with van der Waals surface area (Å²) in [6.07, 6.45) is -0.986. The van der Waals surface area contributed by atoms with Crippen LogP contribution >= 0.6 is 0 Å². The molecule has 0 saturated heterocycles. The van der Waals surface area contributed by atoms with Crippen LogP contribution in [0.5, 0.6) is 5.75 Å². The Hall–Kier alpha value is -2.19. The fraction of sp³-hybridized carbons (Fsp3) is 0.462. The van der Waals surface area contributed by atoms with Crippen molar-refractivity contribution >= 4 is 11.7 Å². The average Bonchev–Trinajstić information content (AvgIpc) is 2.44. The molecule has 1 aromatic rings. The van der Waals surface area contributed by atoms with Crippen LogP contribution in [0.3, 0.4) is 0 Å². The molecule has 21 heavy (non-hydrogen) atoms. The monoisotopic (exact) mass is 298 g/mol. The van der Waals surface area contributed by atoms with Crippen LogP contribution in [-0.4, -0.2) is 53.3 Å². The van der Waals surface area contributed by atoms with E-state index in [0.29, 0.717) is 5.56 Å². The minimum absolute atomic E-state index is 0.0357. The Morgan fingerprint density at radius 1 is 1.52 bits per heavy atom. The van der Waals surface area contributed by atoms with Gasteiger partial charge < -0.3 is 19.8 Å². The summed E-state index contributed by atoms with van der Waals surface area (Å²) in [5, 5.41) is 29.6. The molecule has 0 saturated carbocycles. The minimum atomic E-state index is -0.951. The first-order valence-corrected chi connectivity index (χ1v) is 6.26. The van der Waals surface area contributed by atoms with Crippen LogP contribution in [0.4, 0.5) is 5.69 Å². The first-order valence-electron chi connectivity index (χ1n) is 6.26. The van der Waals surface area contributed by atoms with Crippen LogP contribution in [0, 0.1) is 10.1 Å². The number of ether oxygens (including phenoxy) is 1. The zero-order valence-corrected chi connectivity index (χ0v) is 11.9. The molecule has 0 aliphatic carbocycles. The standard InChI is InChI=1S/C13H18N2O6/c1-14(6-5-13(17)18)8-11(16)9-3-4-12(21-2)10(7-9)15(19)20/h3-4,7,11,16H,5-6,8H2,1-2H3,(H,17,18). The Morgan fingerprint density at radius 2 is 2.19 bits per heavy atom. The predicted octanol–water partition coefficient (Wildman–Crippen LogP) is 1.04. The van der Waals surface area contributed by atoms with E-state index in [4.69, 9.17) is 9.84 Å². The normalized spacial score (nSPS) is 12.2. The molecule has 0 heterocycles. The lowest BCUT2D eigenvalue weighted by atomic mass is 10.1. The Bertz CT molecular complexity index is 519. The summed E-state index contributed by atoms with van der Waals surface area (Å²) in [5.41, 5.74) is 0.159. The molecule has 8 nitrogen and oxygen atoms in total. The number of carboxylic acids is 1. The summed E-state index contributed by atoms with van der Waals surface area (Å²) < 4.78 is 4.89. The van der Waals surface area contributed by atoms with Gasteiger partial charge in [0.2, 0.25) is 0 Å². The molecule has 8 heteroatoms. The first kappa shape index (κ1) is 16.9. The quantitative estimate of drug-likeness (QED) is 0.544. The number of aliphatic hydroxyl groups is 1. The second-order valence-corrected chi connectivity index (χ2v) is 4.61. The number of benzene rings is 1.